The van der Waals surface area contributed by atoms with Crippen molar-refractivity contribution in [1.29, 1.82) is 0 Å². The summed E-state index contributed by atoms with van der Waals surface area (Å²) in [5.74, 6) is -0.704. The minimum absolute atomic E-state index is 0.0516. The van der Waals surface area contributed by atoms with Crippen LogP contribution in [0.25, 0.3) is 55.4 Å². The number of imidazole rings is 1. The van der Waals surface area contributed by atoms with Crippen LogP contribution in [0, 0.1) is 0 Å². The Morgan fingerprint density at radius 3 is 2.51 bits per heavy atom. The predicted octanol–water partition coefficient (Wildman–Crippen LogP) is 8.04. The fourth-order valence-corrected chi connectivity index (χ4v) is 7.21. The molecule has 0 radical (unpaired) electrons. The van der Waals surface area contributed by atoms with Gasteiger partial charge in [-0.15, -0.1) is 0 Å². The van der Waals surface area contributed by atoms with E-state index in [1.54, 1.807) is 36.5 Å². The molecule has 4 aromatic carbocycles. The van der Waals surface area contributed by atoms with Crippen LogP contribution in [0.2, 0.25) is 0 Å². The van der Waals surface area contributed by atoms with Crippen LogP contribution in [0.5, 0.6) is 5.75 Å². The van der Waals surface area contributed by atoms with Crippen molar-refractivity contribution in [1.82, 2.24) is 24.8 Å². The van der Waals surface area contributed by atoms with E-state index in [2.05, 4.69) is 45.2 Å². The van der Waals surface area contributed by atoms with Gasteiger partial charge in [0.1, 0.15) is 17.6 Å². The number of carbonyl (C=O) groups excluding carboxylic acids is 1. The van der Waals surface area contributed by atoms with Gasteiger partial charge in [-0.1, -0.05) is 49.6 Å². The SMILES string of the molecule is O=C(N[C@@H](Cc1c[nH]c2ccc(O)cc12)C(=O)O)c1ccc2c(c1)nc(-c1ccc3ncc(-c4ccccc4)cc3c1)n2C1CCCCC1. The summed E-state index contributed by atoms with van der Waals surface area (Å²) in [6.45, 7) is 0. The zero-order chi connectivity index (χ0) is 33.5. The van der Waals surface area contributed by atoms with Crippen molar-refractivity contribution in [2.75, 3.05) is 0 Å². The first-order valence-electron chi connectivity index (χ1n) is 16.7. The number of hydrogen-bond donors (Lipinski definition) is 4. The first-order valence-corrected chi connectivity index (χ1v) is 16.7. The van der Waals surface area contributed by atoms with Gasteiger partial charge < -0.3 is 25.1 Å². The quantitative estimate of drug-likeness (QED) is 0.132. The molecule has 3 aromatic heterocycles. The van der Waals surface area contributed by atoms with Crippen molar-refractivity contribution in [3.63, 3.8) is 0 Å². The molecule has 0 bridgehead atoms. The first-order chi connectivity index (χ1) is 23.9. The number of pyridine rings is 1. The second-order valence-corrected chi connectivity index (χ2v) is 12.9. The molecule has 9 nitrogen and oxygen atoms in total. The lowest BCUT2D eigenvalue weighted by atomic mass is 9.94. The largest absolute Gasteiger partial charge is 0.508 e. The molecule has 7 aromatic rings. The van der Waals surface area contributed by atoms with Crippen molar-refractivity contribution in [3.05, 3.63) is 115 Å². The Morgan fingerprint density at radius 1 is 0.878 bits per heavy atom. The number of carboxylic acids is 1. The maximum Gasteiger partial charge on any atom is 0.326 e. The number of hydrogen-bond acceptors (Lipinski definition) is 5. The Balaban J connectivity index is 1.14. The molecule has 0 saturated heterocycles. The second-order valence-electron chi connectivity index (χ2n) is 12.9. The van der Waals surface area contributed by atoms with E-state index in [-0.39, 0.29) is 18.2 Å². The molecule has 0 spiro atoms. The fraction of sp³-hybridized carbons (Fsp3) is 0.200. The van der Waals surface area contributed by atoms with Crippen LogP contribution in [0.4, 0.5) is 0 Å². The Hall–Kier alpha value is -5.96. The Morgan fingerprint density at radius 2 is 1.69 bits per heavy atom. The highest BCUT2D eigenvalue weighted by atomic mass is 16.4. The van der Waals surface area contributed by atoms with Gasteiger partial charge in [-0.2, -0.15) is 0 Å². The molecule has 1 aliphatic carbocycles. The van der Waals surface area contributed by atoms with E-state index < -0.39 is 17.9 Å². The van der Waals surface area contributed by atoms with Gasteiger partial charge in [0.05, 0.1) is 16.6 Å². The summed E-state index contributed by atoms with van der Waals surface area (Å²) in [5.41, 5.74) is 7.46. The summed E-state index contributed by atoms with van der Waals surface area (Å²) in [6.07, 6.45) is 9.30. The normalized spacial score (nSPS) is 14.4. The predicted molar refractivity (Wildman–Crippen MR) is 191 cm³/mol. The molecule has 1 amide bonds. The third kappa shape index (κ3) is 5.88. The van der Waals surface area contributed by atoms with Crippen LogP contribution in [-0.4, -0.2) is 47.7 Å². The fourth-order valence-electron chi connectivity index (χ4n) is 7.21. The zero-order valence-electron chi connectivity index (χ0n) is 26.8. The van der Waals surface area contributed by atoms with E-state index >= 15 is 0 Å². The molecule has 1 fully saturated rings. The van der Waals surface area contributed by atoms with Crippen molar-refractivity contribution in [2.24, 2.45) is 0 Å². The molecule has 49 heavy (non-hydrogen) atoms. The minimum Gasteiger partial charge on any atom is -0.508 e. The van der Waals surface area contributed by atoms with Crippen molar-refractivity contribution in [3.8, 4) is 28.3 Å². The van der Waals surface area contributed by atoms with E-state index in [4.69, 9.17) is 9.97 Å². The molecule has 0 unspecified atom stereocenters. The number of fused-ring (bicyclic) bond motifs is 3. The highest BCUT2D eigenvalue weighted by molar-refractivity contribution is 6.00. The maximum atomic E-state index is 13.5. The van der Waals surface area contributed by atoms with Crippen molar-refractivity contribution < 1.29 is 19.8 Å². The molecule has 1 aliphatic rings. The van der Waals surface area contributed by atoms with Crippen LogP contribution >= 0.6 is 0 Å². The van der Waals surface area contributed by atoms with Gasteiger partial charge >= 0.3 is 5.97 Å². The topological polar surface area (TPSA) is 133 Å². The Bertz CT molecular complexity index is 2350. The van der Waals surface area contributed by atoms with Gasteiger partial charge in [0.2, 0.25) is 0 Å². The smallest absolute Gasteiger partial charge is 0.326 e. The molecule has 244 valence electrons. The third-order valence-corrected chi connectivity index (χ3v) is 9.72. The van der Waals surface area contributed by atoms with E-state index in [1.165, 1.54) is 6.42 Å². The van der Waals surface area contributed by atoms with Gasteiger partial charge in [-0.3, -0.25) is 9.78 Å². The molecule has 9 heteroatoms. The number of rotatable bonds is 8. The van der Waals surface area contributed by atoms with Gasteiger partial charge in [-0.05, 0) is 84.6 Å². The number of amides is 1. The van der Waals surface area contributed by atoms with Crippen LogP contribution in [0.15, 0.2) is 103 Å². The average Bonchev–Trinajstić information content (AvgIpc) is 3.72. The molecule has 4 N–H and O–H groups in total. The number of carboxylic acid groups (broad SMARTS) is 1. The Labute approximate surface area is 282 Å². The summed E-state index contributed by atoms with van der Waals surface area (Å²) < 4.78 is 2.33. The van der Waals surface area contributed by atoms with Crippen LogP contribution in [-0.2, 0) is 11.2 Å². The number of aromatic nitrogens is 4. The maximum absolute atomic E-state index is 13.5. The first kappa shape index (κ1) is 30.4. The van der Waals surface area contributed by atoms with Gasteiger partial charge in [-0.25, -0.2) is 9.78 Å². The summed E-state index contributed by atoms with van der Waals surface area (Å²) in [7, 11) is 0. The lowest BCUT2D eigenvalue weighted by molar-refractivity contribution is -0.139. The monoisotopic (exact) mass is 649 g/mol. The molecule has 1 atom stereocenters. The molecule has 1 saturated carbocycles. The highest BCUT2D eigenvalue weighted by Crippen LogP contribution is 2.37. The number of H-pyrrole nitrogens is 1. The molecular weight excluding hydrogens is 614 g/mol. The number of phenolic OH excluding ortho intramolecular Hbond substituents is 1. The van der Waals surface area contributed by atoms with Gasteiger partial charge in [0.15, 0.2) is 0 Å². The number of carbonyl (C=O) groups is 2. The highest BCUT2D eigenvalue weighted by Gasteiger charge is 2.26. The number of aromatic hydroxyl groups is 1. The summed E-state index contributed by atoms with van der Waals surface area (Å²) in [5, 5.41) is 24.4. The number of nitrogens with one attached hydrogen (secondary N) is 2. The second kappa shape index (κ2) is 12.6. The van der Waals surface area contributed by atoms with E-state index in [0.29, 0.717) is 22.0 Å². The van der Waals surface area contributed by atoms with Crippen molar-refractivity contribution >= 4 is 44.7 Å². The number of nitrogens with zero attached hydrogens (tertiary/aromatic N) is 3. The summed E-state index contributed by atoms with van der Waals surface area (Å²) >= 11 is 0. The van der Waals surface area contributed by atoms with E-state index in [1.807, 2.05) is 36.5 Å². The molecule has 8 rings (SSSR count). The molecular formula is C40H35N5O4. The number of aliphatic carboxylic acids is 1. The average molecular weight is 650 g/mol. The van der Waals surface area contributed by atoms with Crippen LogP contribution in [0.3, 0.4) is 0 Å². The number of benzene rings is 4. The molecule has 0 aliphatic heterocycles. The Kier molecular flexibility index (Phi) is 7.80. The van der Waals surface area contributed by atoms with E-state index in [0.717, 1.165) is 70.1 Å². The lowest BCUT2D eigenvalue weighted by Crippen LogP contribution is -2.42. The summed E-state index contributed by atoms with van der Waals surface area (Å²) in [4.78, 5) is 38.8. The van der Waals surface area contributed by atoms with Crippen molar-refractivity contribution in [2.45, 2.75) is 50.6 Å². The standard InChI is InChI=1S/C40H35N5O4/c46-31-13-15-34-32(21-31)29(23-42-34)20-36(40(48)49)44-39(47)26-12-16-37-35(19-26)43-38(45(37)30-9-5-2-6-10-30)25-11-14-33-27(17-25)18-28(22-41-33)24-7-3-1-4-8-24/h1,3-4,7-8,11-19,21-23,30,36,42,46H,2,5-6,9-10,20H2,(H,44,47)(H,48,49)/t36-/m0/s1. The number of phenols is 1. The zero-order valence-corrected chi connectivity index (χ0v) is 26.8. The molecule has 3 heterocycles. The van der Waals surface area contributed by atoms with Crippen LogP contribution in [0.1, 0.15) is 54.1 Å². The van der Waals surface area contributed by atoms with Gasteiger partial charge in [0, 0.05) is 57.8 Å². The summed E-state index contributed by atoms with van der Waals surface area (Å²) in [6, 6.07) is 28.0. The van der Waals surface area contributed by atoms with Crippen LogP contribution < -0.4 is 5.32 Å². The number of aromatic amines is 1. The third-order valence-electron chi connectivity index (χ3n) is 9.72. The van der Waals surface area contributed by atoms with E-state index in [9.17, 15) is 19.8 Å². The van der Waals surface area contributed by atoms with Gasteiger partial charge in [0.25, 0.3) is 5.91 Å². The minimum atomic E-state index is -1.17. The lowest BCUT2D eigenvalue weighted by Gasteiger charge is -2.25.